The molecule has 0 atom stereocenters. The highest BCUT2D eigenvalue weighted by Gasteiger charge is 2.03. The standard InChI is InChI=1S/C11H12BrN5O/c1-18-6-11-16-9(13)3-10(17-11)15-8-2-7(12)4-14-5-8/h2-5H,6H2,1H3,(H3,13,15,16,17). The highest BCUT2D eigenvalue weighted by Crippen LogP contribution is 2.19. The van der Waals surface area contributed by atoms with Crippen molar-refractivity contribution in [3.63, 3.8) is 0 Å². The number of aromatic nitrogens is 3. The SMILES string of the molecule is COCc1nc(N)cc(Nc2cncc(Br)c2)n1. The van der Waals surface area contributed by atoms with Gasteiger partial charge in [0.05, 0.1) is 11.9 Å². The first-order valence-electron chi connectivity index (χ1n) is 5.17. The molecule has 0 fully saturated rings. The van der Waals surface area contributed by atoms with E-state index in [1.54, 1.807) is 25.6 Å². The summed E-state index contributed by atoms with van der Waals surface area (Å²) in [7, 11) is 1.58. The van der Waals surface area contributed by atoms with Gasteiger partial charge in [0.25, 0.3) is 0 Å². The molecule has 0 saturated carbocycles. The molecule has 0 saturated heterocycles. The Morgan fingerprint density at radius 1 is 1.33 bits per heavy atom. The highest BCUT2D eigenvalue weighted by atomic mass is 79.9. The molecule has 3 N–H and O–H groups in total. The number of hydrogen-bond acceptors (Lipinski definition) is 6. The maximum atomic E-state index is 5.70. The molecule has 2 aromatic heterocycles. The normalized spacial score (nSPS) is 10.3. The monoisotopic (exact) mass is 309 g/mol. The van der Waals surface area contributed by atoms with E-state index in [4.69, 9.17) is 10.5 Å². The van der Waals surface area contributed by atoms with Gasteiger partial charge in [-0.25, -0.2) is 9.97 Å². The summed E-state index contributed by atoms with van der Waals surface area (Å²) in [5.74, 6) is 1.53. The lowest BCUT2D eigenvalue weighted by molar-refractivity contribution is 0.178. The lowest BCUT2D eigenvalue weighted by Gasteiger charge is -2.08. The Labute approximate surface area is 113 Å². The number of halogens is 1. The second kappa shape index (κ2) is 5.74. The molecule has 0 bridgehead atoms. The maximum Gasteiger partial charge on any atom is 0.158 e. The fourth-order valence-corrected chi connectivity index (χ4v) is 1.77. The summed E-state index contributed by atoms with van der Waals surface area (Å²) < 4.78 is 5.86. The van der Waals surface area contributed by atoms with Crippen LogP contribution in [0.15, 0.2) is 29.0 Å². The molecule has 2 rings (SSSR count). The first kappa shape index (κ1) is 12.7. The van der Waals surface area contributed by atoms with Crippen molar-refractivity contribution in [1.29, 1.82) is 0 Å². The van der Waals surface area contributed by atoms with E-state index >= 15 is 0 Å². The van der Waals surface area contributed by atoms with Crippen molar-refractivity contribution < 1.29 is 4.74 Å². The van der Waals surface area contributed by atoms with Gasteiger partial charge < -0.3 is 15.8 Å². The lowest BCUT2D eigenvalue weighted by Crippen LogP contribution is -2.04. The number of rotatable bonds is 4. The molecular weight excluding hydrogens is 298 g/mol. The second-order valence-electron chi connectivity index (χ2n) is 3.54. The number of pyridine rings is 1. The van der Waals surface area contributed by atoms with E-state index in [0.29, 0.717) is 24.1 Å². The smallest absolute Gasteiger partial charge is 0.158 e. The van der Waals surface area contributed by atoms with Crippen LogP contribution in [0.1, 0.15) is 5.82 Å². The van der Waals surface area contributed by atoms with Crippen molar-refractivity contribution in [2.75, 3.05) is 18.2 Å². The predicted molar refractivity (Wildman–Crippen MR) is 72.4 cm³/mol. The van der Waals surface area contributed by atoms with Gasteiger partial charge in [-0.05, 0) is 22.0 Å². The minimum atomic E-state index is 0.316. The molecule has 2 heterocycles. The average molecular weight is 310 g/mol. The zero-order valence-electron chi connectivity index (χ0n) is 9.72. The third-order valence-electron chi connectivity index (χ3n) is 2.04. The first-order valence-corrected chi connectivity index (χ1v) is 5.96. The molecule has 0 radical (unpaired) electrons. The van der Waals surface area contributed by atoms with Crippen LogP contribution >= 0.6 is 15.9 Å². The van der Waals surface area contributed by atoms with Crippen LogP contribution in [-0.4, -0.2) is 22.1 Å². The Balaban J connectivity index is 2.23. The van der Waals surface area contributed by atoms with E-state index in [2.05, 4.69) is 36.2 Å². The Morgan fingerprint density at radius 2 is 2.17 bits per heavy atom. The van der Waals surface area contributed by atoms with Gasteiger partial charge in [-0.15, -0.1) is 0 Å². The van der Waals surface area contributed by atoms with Crippen molar-refractivity contribution >= 4 is 33.3 Å². The van der Waals surface area contributed by atoms with Crippen molar-refractivity contribution in [3.8, 4) is 0 Å². The number of ether oxygens (including phenoxy) is 1. The van der Waals surface area contributed by atoms with Crippen LogP contribution in [0.3, 0.4) is 0 Å². The van der Waals surface area contributed by atoms with Gasteiger partial charge in [0, 0.05) is 23.8 Å². The molecule has 0 aliphatic carbocycles. The quantitative estimate of drug-likeness (QED) is 0.899. The third-order valence-corrected chi connectivity index (χ3v) is 2.48. The molecule has 0 amide bonds. The van der Waals surface area contributed by atoms with Crippen LogP contribution in [0, 0.1) is 0 Å². The predicted octanol–water partition coefficient (Wildman–Crippen LogP) is 2.11. The molecular formula is C11H12BrN5O. The molecule has 94 valence electrons. The first-order chi connectivity index (χ1) is 8.67. The number of nitrogens with zero attached hydrogens (tertiary/aromatic N) is 3. The van der Waals surface area contributed by atoms with E-state index in [0.717, 1.165) is 10.2 Å². The lowest BCUT2D eigenvalue weighted by atomic mass is 10.4. The van der Waals surface area contributed by atoms with Crippen molar-refractivity contribution in [3.05, 3.63) is 34.8 Å². The summed E-state index contributed by atoms with van der Waals surface area (Å²) in [6.07, 6.45) is 3.40. The fraction of sp³-hybridized carbons (Fsp3) is 0.182. The zero-order valence-corrected chi connectivity index (χ0v) is 11.3. The molecule has 0 unspecified atom stereocenters. The zero-order chi connectivity index (χ0) is 13.0. The van der Waals surface area contributed by atoms with E-state index < -0.39 is 0 Å². The molecule has 0 aromatic carbocycles. The Kier molecular flexibility index (Phi) is 4.06. The molecule has 18 heavy (non-hydrogen) atoms. The van der Waals surface area contributed by atoms with E-state index in [9.17, 15) is 0 Å². The average Bonchev–Trinajstić information content (AvgIpc) is 2.28. The second-order valence-corrected chi connectivity index (χ2v) is 4.46. The highest BCUT2D eigenvalue weighted by molar-refractivity contribution is 9.10. The summed E-state index contributed by atoms with van der Waals surface area (Å²) in [5, 5.41) is 3.11. The molecule has 7 heteroatoms. The van der Waals surface area contributed by atoms with Gasteiger partial charge in [0.15, 0.2) is 5.82 Å². The van der Waals surface area contributed by atoms with E-state index in [1.165, 1.54) is 0 Å². The molecule has 0 aliphatic rings. The van der Waals surface area contributed by atoms with Crippen LogP contribution in [0.2, 0.25) is 0 Å². The van der Waals surface area contributed by atoms with Gasteiger partial charge in [-0.2, -0.15) is 0 Å². The number of nitrogen functional groups attached to an aromatic ring is 1. The summed E-state index contributed by atoms with van der Waals surface area (Å²) in [4.78, 5) is 12.4. The minimum Gasteiger partial charge on any atom is -0.384 e. The summed E-state index contributed by atoms with van der Waals surface area (Å²) in [6.45, 7) is 0.316. The number of nitrogens with two attached hydrogens (primary N) is 1. The Bertz CT molecular complexity index is 549. The molecule has 2 aromatic rings. The van der Waals surface area contributed by atoms with Crippen LogP contribution in [0.25, 0.3) is 0 Å². The van der Waals surface area contributed by atoms with Crippen molar-refractivity contribution in [2.45, 2.75) is 6.61 Å². The third kappa shape index (κ3) is 3.38. The Hall–Kier alpha value is -1.73. The van der Waals surface area contributed by atoms with Gasteiger partial charge in [-0.1, -0.05) is 0 Å². The minimum absolute atomic E-state index is 0.316. The molecule has 0 aliphatic heterocycles. The van der Waals surface area contributed by atoms with Crippen molar-refractivity contribution in [1.82, 2.24) is 15.0 Å². The van der Waals surface area contributed by atoms with Crippen LogP contribution in [0.5, 0.6) is 0 Å². The van der Waals surface area contributed by atoms with Crippen LogP contribution in [-0.2, 0) is 11.3 Å². The Morgan fingerprint density at radius 3 is 2.89 bits per heavy atom. The fourth-order valence-electron chi connectivity index (χ4n) is 1.40. The number of nitrogens with one attached hydrogen (secondary N) is 1. The van der Waals surface area contributed by atoms with E-state index in [1.807, 2.05) is 6.07 Å². The molecule has 0 spiro atoms. The number of methoxy groups -OCH3 is 1. The largest absolute Gasteiger partial charge is 0.384 e. The number of hydrogen-bond donors (Lipinski definition) is 2. The maximum absolute atomic E-state index is 5.70. The topological polar surface area (TPSA) is 86.0 Å². The van der Waals surface area contributed by atoms with E-state index in [-0.39, 0.29) is 0 Å². The van der Waals surface area contributed by atoms with Crippen LogP contribution in [0.4, 0.5) is 17.3 Å². The van der Waals surface area contributed by atoms with Gasteiger partial charge >= 0.3 is 0 Å². The van der Waals surface area contributed by atoms with Gasteiger partial charge in [-0.3, -0.25) is 4.98 Å². The van der Waals surface area contributed by atoms with Crippen LogP contribution < -0.4 is 11.1 Å². The van der Waals surface area contributed by atoms with Gasteiger partial charge in [0.2, 0.25) is 0 Å². The van der Waals surface area contributed by atoms with Crippen molar-refractivity contribution in [2.24, 2.45) is 0 Å². The van der Waals surface area contributed by atoms with Gasteiger partial charge in [0.1, 0.15) is 18.2 Å². The molecule has 6 nitrogen and oxygen atoms in total. The summed E-state index contributed by atoms with van der Waals surface area (Å²) in [6, 6.07) is 3.54. The number of anilines is 3. The summed E-state index contributed by atoms with van der Waals surface area (Å²) >= 11 is 3.35. The summed E-state index contributed by atoms with van der Waals surface area (Å²) in [5.41, 5.74) is 6.51.